The number of piperidine rings is 2. The Hall–Kier alpha value is -2.25. The van der Waals surface area contributed by atoms with E-state index in [4.69, 9.17) is 4.52 Å². The first-order valence-corrected chi connectivity index (χ1v) is 13.0. The fourth-order valence-corrected chi connectivity index (χ4v) is 4.94. The number of nitrogens with zero attached hydrogens (tertiary/aromatic N) is 4. The summed E-state index contributed by atoms with van der Waals surface area (Å²) >= 11 is 0. The van der Waals surface area contributed by atoms with Gasteiger partial charge in [0.05, 0.1) is 6.54 Å². The fraction of sp³-hybridized carbons (Fsp3) is 0.667. The molecule has 1 N–H and O–H groups in total. The van der Waals surface area contributed by atoms with Gasteiger partial charge in [-0.3, -0.25) is 9.69 Å². The minimum atomic E-state index is 0.116. The van der Waals surface area contributed by atoms with Gasteiger partial charge in [0.25, 0.3) is 0 Å². The Morgan fingerprint density at radius 2 is 1.74 bits per heavy atom. The van der Waals surface area contributed by atoms with Gasteiger partial charge in [-0.2, -0.15) is 4.98 Å². The number of aromatic nitrogens is 2. The standard InChI is InChI=1S/C27H41N5O2/c1-27(2,3)23-10-8-21(9-11-23)25-29-24(34-30-25)20-32-18-12-22(13-19-32)26(33)28-14-7-17-31-15-5-4-6-16-31/h8-11,22H,4-7,12-20H2,1-3H3,(H,28,33). The molecule has 1 amide bonds. The summed E-state index contributed by atoms with van der Waals surface area (Å²) in [6.07, 6.45) is 6.81. The molecule has 3 heterocycles. The molecule has 186 valence electrons. The molecule has 0 atom stereocenters. The Morgan fingerprint density at radius 1 is 1.03 bits per heavy atom. The SMILES string of the molecule is CC(C)(C)c1ccc(-c2noc(CN3CCC(C(=O)NCCCN4CCCCC4)CC3)n2)cc1. The van der Waals surface area contributed by atoms with E-state index in [1.54, 1.807) is 0 Å². The first-order chi connectivity index (χ1) is 16.4. The van der Waals surface area contributed by atoms with Gasteiger partial charge in [0, 0.05) is 18.0 Å². The Labute approximate surface area is 204 Å². The second-order valence-corrected chi connectivity index (χ2v) is 10.9. The molecule has 4 rings (SSSR count). The molecule has 7 nitrogen and oxygen atoms in total. The lowest BCUT2D eigenvalue weighted by atomic mass is 9.87. The maximum absolute atomic E-state index is 12.6. The first-order valence-electron chi connectivity index (χ1n) is 13.0. The lowest BCUT2D eigenvalue weighted by molar-refractivity contribution is -0.126. The highest BCUT2D eigenvalue weighted by Gasteiger charge is 2.26. The van der Waals surface area contributed by atoms with Gasteiger partial charge < -0.3 is 14.7 Å². The molecular formula is C27H41N5O2. The van der Waals surface area contributed by atoms with Crippen LogP contribution in [0.4, 0.5) is 0 Å². The van der Waals surface area contributed by atoms with Gasteiger partial charge in [0.2, 0.25) is 17.6 Å². The van der Waals surface area contributed by atoms with Gasteiger partial charge in [-0.25, -0.2) is 0 Å². The van der Waals surface area contributed by atoms with Gasteiger partial charge in [-0.1, -0.05) is 56.6 Å². The Bertz CT molecular complexity index is 904. The molecule has 7 heteroatoms. The predicted octanol–water partition coefficient (Wildman–Crippen LogP) is 4.24. The third-order valence-electron chi connectivity index (χ3n) is 7.19. The van der Waals surface area contributed by atoms with E-state index in [1.165, 1.54) is 37.9 Å². The number of rotatable bonds is 8. The normalized spacial score (nSPS) is 18.8. The summed E-state index contributed by atoms with van der Waals surface area (Å²) in [6, 6.07) is 8.39. The van der Waals surface area contributed by atoms with Crippen LogP contribution in [0.15, 0.2) is 28.8 Å². The molecule has 0 saturated carbocycles. The average molecular weight is 468 g/mol. The third kappa shape index (κ3) is 6.89. The Balaban J connectivity index is 1.17. The molecule has 0 radical (unpaired) electrons. The van der Waals surface area contributed by atoms with Crippen molar-refractivity contribution in [3.63, 3.8) is 0 Å². The largest absolute Gasteiger partial charge is 0.356 e. The van der Waals surface area contributed by atoms with Crippen LogP contribution in [0.5, 0.6) is 0 Å². The zero-order valence-corrected chi connectivity index (χ0v) is 21.2. The maximum atomic E-state index is 12.6. The zero-order chi connectivity index (χ0) is 24.0. The van der Waals surface area contributed by atoms with Crippen molar-refractivity contribution < 1.29 is 9.32 Å². The topological polar surface area (TPSA) is 74.5 Å². The van der Waals surface area contributed by atoms with E-state index in [2.05, 4.69) is 70.3 Å². The summed E-state index contributed by atoms with van der Waals surface area (Å²) in [6.45, 7) is 13.3. The molecule has 0 unspecified atom stereocenters. The number of hydrogen-bond donors (Lipinski definition) is 1. The van der Waals surface area contributed by atoms with E-state index in [-0.39, 0.29) is 17.2 Å². The van der Waals surface area contributed by atoms with Crippen molar-refractivity contribution in [2.24, 2.45) is 5.92 Å². The van der Waals surface area contributed by atoms with Crippen LogP contribution in [0.25, 0.3) is 11.4 Å². The molecule has 0 spiro atoms. The molecular weight excluding hydrogens is 426 g/mol. The number of likely N-dealkylation sites (tertiary alicyclic amines) is 2. The lowest BCUT2D eigenvalue weighted by Gasteiger charge is -2.30. The Kier molecular flexibility index (Phi) is 8.37. The van der Waals surface area contributed by atoms with Crippen molar-refractivity contribution >= 4 is 5.91 Å². The number of hydrogen-bond acceptors (Lipinski definition) is 6. The minimum Gasteiger partial charge on any atom is -0.356 e. The summed E-state index contributed by atoms with van der Waals surface area (Å²) in [5.74, 6) is 1.60. The summed E-state index contributed by atoms with van der Waals surface area (Å²) in [5.41, 5.74) is 2.38. The molecule has 2 saturated heterocycles. The smallest absolute Gasteiger partial charge is 0.241 e. The number of amides is 1. The number of benzene rings is 1. The average Bonchev–Trinajstić information content (AvgIpc) is 3.31. The molecule has 2 aromatic rings. The molecule has 2 aliphatic heterocycles. The molecule has 2 fully saturated rings. The highest BCUT2D eigenvalue weighted by atomic mass is 16.5. The Morgan fingerprint density at radius 3 is 2.41 bits per heavy atom. The lowest BCUT2D eigenvalue weighted by Crippen LogP contribution is -2.41. The van der Waals surface area contributed by atoms with Crippen LogP contribution in [0.2, 0.25) is 0 Å². The highest BCUT2D eigenvalue weighted by molar-refractivity contribution is 5.78. The van der Waals surface area contributed by atoms with Gasteiger partial charge >= 0.3 is 0 Å². The van der Waals surface area contributed by atoms with Crippen molar-refractivity contribution in [2.45, 2.75) is 71.3 Å². The fourth-order valence-electron chi connectivity index (χ4n) is 4.94. The van der Waals surface area contributed by atoms with Crippen molar-refractivity contribution in [1.82, 2.24) is 25.3 Å². The van der Waals surface area contributed by atoms with Gasteiger partial charge in [-0.05, 0) is 75.8 Å². The number of nitrogens with one attached hydrogen (secondary N) is 1. The van der Waals surface area contributed by atoms with Gasteiger partial charge in [0.15, 0.2) is 0 Å². The van der Waals surface area contributed by atoms with E-state index < -0.39 is 0 Å². The number of carbonyl (C=O) groups is 1. The van der Waals surface area contributed by atoms with Crippen molar-refractivity contribution in [3.8, 4) is 11.4 Å². The summed E-state index contributed by atoms with van der Waals surface area (Å²) in [7, 11) is 0. The maximum Gasteiger partial charge on any atom is 0.241 e. The second-order valence-electron chi connectivity index (χ2n) is 10.9. The van der Waals surface area contributed by atoms with Crippen LogP contribution in [-0.4, -0.2) is 65.1 Å². The highest BCUT2D eigenvalue weighted by Crippen LogP contribution is 2.25. The quantitative estimate of drug-likeness (QED) is 0.586. The van der Waals surface area contributed by atoms with Crippen LogP contribution < -0.4 is 5.32 Å². The van der Waals surface area contributed by atoms with Gasteiger partial charge in [-0.15, -0.1) is 0 Å². The van der Waals surface area contributed by atoms with E-state index in [0.29, 0.717) is 18.3 Å². The van der Waals surface area contributed by atoms with Crippen molar-refractivity contribution in [3.05, 3.63) is 35.7 Å². The second kappa shape index (κ2) is 11.5. The molecule has 34 heavy (non-hydrogen) atoms. The van der Waals surface area contributed by atoms with E-state index in [9.17, 15) is 4.79 Å². The van der Waals surface area contributed by atoms with E-state index in [0.717, 1.165) is 51.0 Å². The van der Waals surface area contributed by atoms with Crippen LogP contribution in [0.3, 0.4) is 0 Å². The van der Waals surface area contributed by atoms with Crippen molar-refractivity contribution in [1.29, 1.82) is 0 Å². The summed E-state index contributed by atoms with van der Waals surface area (Å²) in [4.78, 5) is 22.0. The molecule has 0 bridgehead atoms. The van der Waals surface area contributed by atoms with Crippen LogP contribution >= 0.6 is 0 Å². The summed E-state index contributed by atoms with van der Waals surface area (Å²) in [5, 5.41) is 7.35. The summed E-state index contributed by atoms with van der Waals surface area (Å²) < 4.78 is 5.52. The number of carbonyl (C=O) groups excluding carboxylic acids is 1. The van der Waals surface area contributed by atoms with Crippen LogP contribution in [0.1, 0.15) is 70.8 Å². The van der Waals surface area contributed by atoms with Gasteiger partial charge in [0.1, 0.15) is 0 Å². The monoisotopic (exact) mass is 467 g/mol. The molecule has 1 aromatic carbocycles. The zero-order valence-electron chi connectivity index (χ0n) is 21.2. The third-order valence-corrected chi connectivity index (χ3v) is 7.19. The minimum absolute atomic E-state index is 0.116. The predicted molar refractivity (Wildman–Crippen MR) is 134 cm³/mol. The van der Waals surface area contributed by atoms with Crippen molar-refractivity contribution in [2.75, 3.05) is 39.3 Å². The first kappa shape index (κ1) is 24.9. The molecule has 2 aliphatic rings. The van der Waals surface area contributed by atoms with E-state index in [1.807, 2.05) is 0 Å². The van der Waals surface area contributed by atoms with Crippen LogP contribution in [-0.2, 0) is 16.8 Å². The van der Waals surface area contributed by atoms with E-state index >= 15 is 0 Å². The van der Waals surface area contributed by atoms with Crippen LogP contribution in [0, 0.1) is 5.92 Å². The molecule has 0 aliphatic carbocycles. The molecule has 1 aromatic heterocycles.